The maximum atomic E-state index is 13.9. The Kier molecular flexibility index (Phi) is 8.32. The van der Waals surface area contributed by atoms with Crippen molar-refractivity contribution < 1.29 is 14.3 Å². The summed E-state index contributed by atoms with van der Waals surface area (Å²) >= 11 is 6.37. The van der Waals surface area contributed by atoms with E-state index in [0.29, 0.717) is 60.2 Å². The molecule has 232 valence electrons. The second-order valence-corrected chi connectivity index (χ2v) is 12.7. The molecule has 3 heterocycles. The van der Waals surface area contributed by atoms with Gasteiger partial charge >= 0.3 is 0 Å². The van der Waals surface area contributed by atoms with Crippen LogP contribution in [0.3, 0.4) is 0 Å². The number of carbonyl (C=O) groups is 2. The Morgan fingerprint density at radius 2 is 1.78 bits per heavy atom. The number of nitrogens with zero attached hydrogens (tertiary/aromatic N) is 6. The predicted molar refractivity (Wildman–Crippen MR) is 173 cm³/mol. The van der Waals surface area contributed by atoms with Gasteiger partial charge in [0.1, 0.15) is 12.1 Å². The molecule has 1 aliphatic heterocycles. The SMILES string of the molecule is O=C1CC(C(=O)N2CCC(c3cccc([C@H](Cc4ccccc4)c4ccc(-c5cc(Cl)ccc5-n5cnnn5)c[n+]4[O-])c3)CC2)C1. The van der Waals surface area contributed by atoms with E-state index in [9.17, 15) is 14.8 Å². The number of likely N-dealkylation sites (tertiary alicyclic amines) is 1. The molecule has 9 nitrogen and oxygen atoms in total. The molecule has 0 unspecified atom stereocenters. The van der Waals surface area contributed by atoms with E-state index in [2.05, 4.69) is 51.9 Å². The van der Waals surface area contributed by atoms with Gasteiger partial charge in [0.2, 0.25) is 11.6 Å². The van der Waals surface area contributed by atoms with Crippen LogP contribution in [0.25, 0.3) is 16.8 Å². The third-order valence-corrected chi connectivity index (χ3v) is 9.57. The Morgan fingerprint density at radius 1 is 0.978 bits per heavy atom. The van der Waals surface area contributed by atoms with Crippen LogP contribution in [0.1, 0.15) is 59.9 Å². The molecular weight excluding hydrogens is 600 g/mol. The minimum Gasteiger partial charge on any atom is -0.618 e. The number of tetrazole rings is 1. The predicted octanol–water partition coefficient (Wildman–Crippen LogP) is 5.68. The van der Waals surface area contributed by atoms with E-state index in [4.69, 9.17) is 11.6 Å². The van der Waals surface area contributed by atoms with E-state index in [1.54, 1.807) is 16.9 Å². The fourth-order valence-corrected chi connectivity index (χ4v) is 6.93. The van der Waals surface area contributed by atoms with E-state index in [1.165, 1.54) is 11.9 Å². The molecule has 46 heavy (non-hydrogen) atoms. The first kappa shape index (κ1) is 29.8. The van der Waals surface area contributed by atoms with E-state index < -0.39 is 0 Å². The molecule has 10 heteroatoms. The molecule has 1 saturated heterocycles. The van der Waals surface area contributed by atoms with E-state index in [0.717, 1.165) is 34.3 Å². The first-order chi connectivity index (χ1) is 22.4. The largest absolute Gasteiger partial charge is 0.618 e. The number of pyridine rings is 1. The smallest absolute Gasteiger partial charge is 0.226 e. The second-order valence-electron chi connectivity index (χ2n) is 12.2. The molecule has 0 radical (unpaired) electrons. The number of aromatic nitrogens is 5. The quantitative estimate of drug-likeness (QED) is 0.161. The van der Waals surface area contributed by atoms with Gasteiger partial charge in [0, 0.05) is 48.1 Å². The number of amides is 1. The van der Waals surface area contributed by atoms with Gasteiger partial charge in [0.25, 0.3) is 0 Å². The zero-order chi connectivity index (χ0) is 31.6. The number of benzene rings is 3. The highest BCUT2D eigenvalue weighted by atomic mass is 35.5. The molecule has 2 aromatic heterocycles. The summed E-state index contributed by atoms with van der Waals surface area (Å²) in [5, 5.41) is 26.0. The van der Waals surface area contributed by atoms with Gasteiger partial charge in [-0.3, -0.25) is 9.59 Å². The van der Waals surface area contributed by atoms with Gasteiger partial charge in [-0.15, -0.1) is 5.10 Å². The summed E-state index contributed by atoms with van der Waals surface area (Å²) in [7, 11) is 0. The molecule has 2 aliphatic rings. The van der Waals surface area contributed by atoms with Crippen molar-refractivity contribution in [2.45, 2.75) is 43.9 Å². The van der Waals surface area contributed by atoms with Crippen LogP contribution < -0.4 is 4.73 Å². The van der Waals surface area contributed by atoms with Crippen molar-refractivity contribution in [2.24, 2.45) is 5.92 Å². The molecule has 2 fully saturated rings. The molecule has 0 bridgehead atoms. The molecule has 3 aromatic carbocycles. The lowest BCUT2D eigenvalue weighted by molar-refractivity contribution is -0.614. The average molecular weight is 633 g/mol. The zero-order valence-corrected chi connectivity index (χ0v) is 26.0. The highest BCUT2D eigenvalue weighted by Gasteiger charge is 2.37. The number of Topliss-reactive ketones (excluding diaryl/α,β-unsaturated/α-hetero) is 1. The monoisotopic (exact) mass is 632 g/mol. The molecule has 1 atom stereocenters. The number of piperidine rings is 1. The maximum Gasteiger partial charge on any atom is 0.226 e. The Bertz CT molecular complexity index is 1860. The van der Waals surface area contributed by atoms with Crippen LogP contribution in [0.4, 0.5) is 0 Å². The van der Waals surface area contributed by atoms with E-state index in [-0.39, 0.29) is 23.5 Å². The van der Waals surface area contributed by atoms with Crippen LogP contribution in [0.5, 0.6) is 0 Å². The van der Waals surface area contributed by atoms with E-state index >= 15 is 0 Å². The Balaban J connectivity index is 1.18. The standard InChI is InChI=1S/C36H33ClN6O3/c37-30-10-12-34(42-23-38-39-40-42)33(21-30)28-9-11-35(43(46)22-28)32(17-24-5-2-1-3-6-24)27-8-4-7-26(18-27)25-13-15-41(16-14-25)36(45)29-19-31(44)20-29/h1-12,18,21-23,25,29,32H,13-17,19-20H2/t32-/m0/s1. The highest BCUT2D eigenvalue weighted by Crippen LogP contribution is 2.35. The van der Waals surface area contributed by atoms with Gasteiger partial charge < -0.3 is 10.1 Å². The molecule has 0 spiro atoms. The second kappa shape index (κ2) is 12.8. The van der Waals surface area contributed by atoms with Gasteiger partial charge in [0.15, 0.2) is 6.20 Å². The number of carbonyl (C=O) groups excluding carboxylic acids is 2. The first-order valence-electron chi connectivity index (χ1n) is 15.6. The lowest BCUT2D eigenvalue weighted by Crippen LogP contribution is -2.45. The Hall–Kier alpha value is -4.89. The molecule has 0 N–H and O–H groups in total. The number of ketones is 1. The number of rotatable bonds is 8. The van der Waals surface area contributed by atoms with Crippen LogP contribution in [0.15, 0.2) is 97.5 Å². The minimum atomic E-state index is -0.190. The lowest BCUT2D eigenvalue weighted by atomic mass is 9.81. The topological polar surface area (TPSA) is 108 Å². The summed E-state index contributed by atoms with van der Waals surface area (Å²) in [6.07, 6.45) is 6.30. The van der Waals surface area contributed by atoms with Crippen molar-refractivity contribution in [1.29, 1.82) is 0 Å². The lowest BCUT2D eigenvalue weighted by Gasteiger charge is -2.36. The number of hydrogen-bond donors (Lipinski definition) is 0. The van der Waals surface area contributed by atoms with Crippen LogP contribution in [0, 0.1) is 11.1 Å². The third-order valence-electron chi connectivity index (χ3n) is 9.34. The number of halogens is 1. The zero-order valence-electron chi connectivity index (χ0n) is 25.2. The summed E-state index contributed by atoms with van der Waals surface area (Å²) in [5.74, 6) is 0.314. The third kappa shape index (κ3) is 6.15. The van der Waals surface area contributed by atoms with Crippen molar-refractivity contribution in [3.63, 3.8) is 0 Å². The average Bonchev–Trinajstić information content (AvgIpc) is 3.61. The summed E-state index contributed by atoms with van der Waals surface area (Å²) < 4.78 is 2.52. The molecule has 7 rings (SSSR count). The summed E-state index contributed by atoms with van der Waals surface area (Å²) in [4.78, 5) is 26.2. The molecule has 1 aliphatic carbocycles. The van der Waals surface area contributed by atoms with Crippen LogP contribution in [0.2, 0.25) is 5.02 Å². The van der Waals surface area contributed by atoms with Gasteiger partial charge in [0.05, 0.1) is 17.5 Å². The Labute approximate surface area is 272 Å². The molecular formula is C36H33ClN6O3. The van der Waals surface area contributed by atoms with Crippen LogP contribution in [-0.4, -0.2) is 49.9 Å². The molecule has 1 saturated carbocycles. The van der Waals surface area contributed by atoms with Crippen molar-refractivity contribution in [3.05, 3.63) is 130 Å². The van der Waals surface area contributed by atoms with Gasteiger partial charge in [-0.25, -0.2) is 0 Å². The maximum absolute atomic E-state index is 13.9. The molecule has 5 aromatic rings. The fourth-order valence-electron chi connectivity index (χ4n) is 6.76. The Morgan fingerprint density at radius 3 is 2.50 bits per heavy atom. The first-order valence-corrected chi connectivity index (χ1v) is 16.0. The highest BCUT2D eigenvalue weighted by molar-refractivity contribution is 6.31. The fraction of sp³-hybridized carbons (Fsp3) is 0.278. The van der Waals surface area contributed by atoms with Crippen molar-refractivity contribution in [2.75, 3.05) is 13.1 Å². The van der Waals surface area contributed by atoms with Crippen LogP contribution in [-0.2, 0) is 16.0 Å². The number of hydrogen-bond acceptors (Lipinski definition) is 6. The van der Waals surface area contributed by atoms with Crippen LogP contribution >= 0.6 is 11.6 Å². The van der Waals surface area contributed by atoms with E-state index in [1.807, 2.05) is 47.4 Å². The summed E-state index contributed by atoms with van der Waals surface area (Å²) in [5.41, 5.74) is 6.23. The van der Waals surface area contributed by atoms with Gasteiger partial charge in [-0.2, -0.15) is 9.41 Å². The molecule has 1 amide bonds. The summed E-state index contributed by atoms with van der Waals surface area (Å²) in [6.45, 7) is 1.40. The van der Waals surface area contributed by atoms with Gasteiger partial charge in [-0.05, 0) is 76.6 Å². The minimum absolute atomic E-state index is 0.124. The van der Waals surface area contributed by atoms with Crippen molar-refractivity contribution >= 4 is 23.3 Å². The van der Waals surface area contributed by atoms with Gasteiger partial charge in [-0.1, -0.05) is 66.2 Å². The normalized spacial score (nSPS) is 16.3. The van der Waals surface area contributed by atoms with Crippen molar-refractivity contribution in [3.8, 4) is 16.8 Å². The van der Waals surface area contributed by atoms with Crippen molar-refractivity contribution in [1.82, 2.24) is 25.1 Å². The summed E-state index contributed by atoms with van der Waals surface area (Å²) in [6, 6.07) is 28.0.